The van der Waals surface area contributed by atoms with E-state index in [1.165, 1.54) is 17.4 Å². The van der Waals surface area contributed by atoms with Gasteiger partial charge in [0.15, 0.2) is 37.8 Å². The van der Waals surface area contributed by atoms with Gasteiger partial charge in [-0.3, -0.25) is 24.0 Å². The van der Waals surface area contributed by atoms with Crippen LogP contribution in [-0.2, 0) is 24.0 Å². The Kier molecular flexibility index (Phi) is 31.7. The SMILES string of the molecule is C=C1NC(=O)C/C1=C\c1cnn2ccc(NC(C)C)nc12.C=C1NC(=O)C/C1=C\c1cnn2ccc(NCC(C)C)nc12.C=C1NC(=O)C/C1=C\c1cnn2ccc(NCCF)nc12.C=C1NC(=O)C/C1=C\c1cnn2ccc(Nc3ccc(OCCN(C)C)cc3)nc12.C=C1NC(=O)C/C1=C\c1cnn2ccc(Nc3cccc(OC(C)C)c3)nc12.C=c1[nH]c(=S)s/c1=C\c1cnn2ccc(-c3ccccc3F)nc12. The number of thiazole rings is 1. The van der Waals surface area contributed by atoms with E-state index in [0.29, 0.717) is 134 Å². The molecule has 0 bridgehead atoms. The molecular weight excluding hydrogens is 1900 g/mol. The molecule has 5 fully saturated rings. The van der Waals surface area contributed by atoms with E-state index in [9.17, 15) is 32.8 Å². The first-order valence-corrected chi connectivity index (χ1v) is 47.7. The lowest BCUT2D eigenvalue weighted by Crippen LogP contribution is -2.19. The van der Waals surface area contributed by atoms with Gasteiger partial charge in [-0.15, -0.1) is 11.3 Å². The molecule has 0 radical (unpaired) electrons. The molecule has 21 rings (SSSR count). The van der Waals surface area contributed by atoms with Crippen molar-refractivity contribution in [3.63, 3.8) is 0 Å². The molecule has 5 saturated heterocycles. The average molecular weight is 2000 g/mol. The number of hydrogen-bond donors (Lipinski definition) is 11. The summed E-state index contributed by atoms with van der Waals surface area (Å²) in [5.41, 5.74) is 19.4. The molecule has 5 amide bonds. The fourth-order valence-corrected chi connectivity index (χ4v) is 16.4. The minimum Gasteiger partial charge on any atom is -0.492 e. The molecule has 11 N–H and O–H groups in total. The maximum absolute atomic E-state index is 14.0. The van der Waals surface area contributed by atoms with Crippen LogP contribution in [0.15, 0.2) is 273 Å². The Morgan fingerprint density at radius 1 is 0.452 bits per heavy atom. The minimum atomic E-state index is -0.462. The van der Waals surface area contributed by atoms with Crippen LogP contribution in [0, 0.1) is 15.7 Å². The van der Waals surface area contributed by atoms with Crippen LogP contribution in [0.3, 0.4) is 0 Å². The number of alkyl halides is 1. The molecular formula is C105H106F2N30O7S2. The predicted octanol–water partition coefficient (Wildman–Crippen LogP) is 15.1. The van der Waals surface area contributed by atoms with Gasteiger partial charge in [0.05, 0.1) is 85.6 Å². The van der Waals surface area contributed by atoms with Gasteiger partial charge in [0, 0.05) is 153 Å². The first-order chi connectivity index (χ1) is 70.3. The lowest BCUT2D eigenvalue weighted by Gasteiger charge is -2.12. The number of amides is 5. The topological polar surface area (TPSA) is 424 Å². The van der Waals surface area contributed by atoms with E-state index in [4.69, 9.17) is 21.7 Å². The number of aromatic amines is 1. The fourth-order valence-electron chi connectivity index (χ4n) is 15.3. The van der Waals surface area contributed by atoms with Crippen molar-refractivity contribution in [2.75, 3.05) is 73.6 Å². The molecule has 744 valence electrons. The van der Waals surface area contributed by atoms with Gasteiger partial charge in [0.25, 0.3) is 0 Å². The third-order valence-electron chi connectivity index (χ3n) is 22.3. The van der Waals surface area contributed by atoms with E-state index in [-0.39, 0.29) is 48.0 Å². The first-order valence-electron chi connectivity index (χ1n) is 46.5. The van der Waals surface area contributed by atoms with E-state index in [1.807, 2.05) is 162 Å². The van der Waals surface area contributed by atoms with Gasteiger partial charge < -0.3 is 72.5 Å². The van der Waals surface area contributed by atoms with Crippen molar-refractivity contribution in [2.24, 2.45) is 5.92 Å². The zero-order valence-electron chi connectivity index (χ0n) is 81.3. The molecule has 41 heteroatoms. The Labute approximate surface area is 845 Å². The second-order valence-corrected chi connectivity index (χ2v) is 37.0. The van der Waals surface area contributed by atoms with Crippen LogP contribution in [0.25, 0.3) is 88.2 Å². The molecule has 18 heterocycles. The highest BCUT2D eigenvalue weighted by Crippen LogP contribution is 2.32. The van der Waals surface area contributed by atoms with E-state index in [0.717, 1.165) is 130 Å². The molecule has 0 aliphatic carbocycles. The van der Waals surface area contributed by atoms with Gasteiger partial charge in [-0.1, -0.05) is 71.5 Å². The molecule has 3 aromatic carbocycles. The number of benzene rings is 3. The molecule has 0 unspecified atom stereocenters. The van der Waals surface area contributed by atoms with Crippen molar-refractivity contribution < 1.29 is 42.2 Å². The number of hydrogen-bond acceptors (Lipinski definition) is 27. The van der Waals surface area contributed by atoms with Crippen LogP contribution in [0.1, 0.15) is 107 Å². The summed E-state index contributed by atoms with van der Waals surface area (Å²) < 4.78 is 49.4. The van der Waals surface area contributed by atoms with Crippen molar-refractivity contribution in [1.82, 2.24) is 124 Å². The van der Waals surface area contributed by atoms with Crippen LogP contribution in [-0.4, -0.2) is 186 Å². The molecule has 0 saturated carbocycles. The fraction of sp³-hybridized carbons (Fsp3) is 0.200. The molecule has 13 aromatic heterocycles. The van der Waals surface area contributed by atoms with Gasteiger partial charge in [-0.05, 0) is 209 Å². The normalized spacial score (nSPS) is 15.5. The number of nitrogens with one attached hydrogen (secondary N) is 11. The van der Waals surface area contributed by atoms with Gasteiger partial charge >= 0.3 is 0 Å². The Balaban J connectivity index is 0.000000126. The number of nitrogens with zero attached hydrogens (tertiary/aromatic N) is 19. The zero-order valence-corrected chi connectivity index (χ0v) is 82.9. The van der Waals surface area contributed by atoms with Gasteiger partial charge in [0.2, 0.25) is 29.5 Å². The number of aromatic nitrogens is 19. The molecule has 146 heavy (non-hydrogen) atoms. The third kappa shape index (κ3) is 25.9. The van der Waals surface area contributed by atoms with Crippen molar-refractivity contribution in [1.29, 1.82) is 0 Å². The standard InChI is InChI=1S/C22H24N6O2.C21H21N5O2.C17H11FN4S2.C16H19N5O.C15H17N5O.C14H14FN5O/c1-15-16(13-21(29)24-15)12-17-14-23-28-9-8-20(26-22(17)28)25-18-4-6-19(7-5-18)30-11-10-27(2)3;1-13(2)28-18-6-4-5-17(11-18)24-19-7-8-26-21(25-19)16(12-22-26)9-15-10-20(27)23-14(15)3;1-10-15(24-17(23)20-10)8-11-9-19-22-7-6-14(21-16(11)22)12-4-2-3-5-13(12)18;1-10(2)8-17-14-4-5-21-16(20-14)13(9-18-21)6-12-7-15(22)19-11(12)3;1-9(2)17-13-4-5-20-15(19-13)12(8-16-20)6-11-7-14(21)18-10(11)3;1-9-10(7-13(21)18-9)6-11-8-17-20-5-2-12(16-4-3-15)19-14(11)20/h4-9,12,14H,1,10-11,13H2,2-3H3,(H,24,29)(H,25,26);4-9,11-13H,3,10H2,1-2H3,(H,23,27)(H,24,25);2-9H,1H2,(H,20,23);4-6,9-10H,3,7-8H2,1-2H3,(H,17,20)(H,19,22);4-6,8-9H,3,7H2,1-2H3,(H,17,19)(H,18,21);2,5-6,8H,1,3-4,7H2,(H,16,19)(H,18,21)/b16-12+;15-9+;15-8-;12-6+;11-6+;10-6+. The first kappa shape index (κ1) is 101. The number of allylic oxidation sites excluding steroid dienone is 5. The lowest BCUT2D eigenvalue weighted by atomic mass is 10.1. The maximum Gasteiger partial charge on any atom is 0.228 e. The third-order valence-corrected chi connectivity index (χ3v) is 23.5. The Bertz CT molecular complexity index is 8130. The number of carbonyl (C=O) groups excluding carboxylic acids is 5. The Hall–Kier alpha value is -17.9. The zero-order chi connectivity index (χ0) is 103. The van der Waals surface area contributed by atoms with Gasteiger partial charge in [-0.2, -0.15) is 30.6 Å². The number of fused-ring (bicyclic) bond motifs is 6. The van der Waals surface area contributed by atoms with Crippen molar-refractivity contribution >= 4 is 170 Å². The number of likely N-dealkylation sites (N-methyl/N-ethyl adjacent to an activating group) is 1. The summed E-state index contributed by atoms with van der Waals surface area (Å²) in [5, 5.41) is 56.0. The van der Waals surface area contributed by atoms with Crippen LogP contribution in [0.5, 0.6) is 11.5 Å². The number of rotatable bonds is 25. The van der Waals surface area contributed by atoms with Gasteiger partial charge in [-0.25, -0.2) is 65.8 Å². The van der Waals surface area contributed by atoms with Crippen molar-refractivity contribution in [2.45, 2.75) is 85.8 Å². The number of carbonyl (C=O) groups is 5. The number of H-pyrrole nitrogens is 1. The number of anilines is 7. The Morgan fingerprint density at radius 3 is 1.22 bits per heavy atom. The van der Waals surface area contributed by atoms with E-state index in [2.05, 4.69) is 191 Å². The summed E-state index contributed by atoms with van der Waals surface area (Å²) >= 11 is 6.58. The average Bonchev–Trinajstić information content (AvgIpc) is 1.68. The summed E-state index contributed by atoms with van der Waals surface area (Å²) in [6, 6.07) is 33.4. The molecule has 16 aromatic rings. The highest BCUT2D eigenvalue weighted by molar-refractivity contribution is 7.73. The van der Waals surface area contributed by atoms with Crippen LogP contribution in [0.4, 0.5) is 49.2 Å². The molecule has 5 aliphatic heterocycles. The minimum absolute atomic E-state index is 0.0278. The highest BCUT2D eigenvalue weighted by atomic mass is 32.1. The largest absolute Gasteiger partial charge is 0.492 e. The van der Waals surface area contributed by atoms with Crippen LogP contribution >= 0.6 is 23.6 Å². The highest BCUT2D eigenvalue weighted by Gasteiger charge is 2.26. The quantitative estimate of drug-likeness (QED) is 0.0237. The van der Waals surface area contributed by atoms with Gasteiger partial charge in [0.1, 0.15) is 59.7 Å². The molecule has 5 aliphatic rings. The molecule has 0 spiro atoms. The van der Waals surface area contributed by atoms with E-state index in [1.54, 1.807) is 107 Å². The molecule has 37 nitrogen and oxygen atoms in total. The van der Waals surface area contributed by atoms with E-state index < -0.39 is 6.67 Å². The summed E-state index contributed by atoms with van der Waals surface area (Å²) in [4.78, 5) is 89.8. The Morgan fingerprint density at radius 2 is 0.836 bits per heavy atom. The second-order valence-electron chi connectivity index (χ2n) is 35.2. The molecule has 0 atom stereocenters. The van der Waals surface area contributed by atoms with Crippen LogP contribution in [0.2, 0.25) is 0 Å². The lowest BCUT2D eigenvalue weighted by molar-refractivity contribution is -0.119. The number of halogens is 2. The predicted molar refractivity (Wildman–Crippen MR) is 566 cm³/mol. The monoisotopic (exact) mass is 2000 g/mol. The second kappa shape index (κ2) is 45.8. The van der Waals surface area contributed by atoms with E-state index >= 15 is 0 Å². The number of ether oxygens (including phenoxy) is 2. The maximum atomic E-state index is 14.0. The van der Waals surface area contributed by atoms with Crippen LogP contribution < -0.4 is 72.5 Å². The summed E-state index contributed by atoms with van der Waals surface area (Å²) in [6.45, 7) is 37.7. The van der Waals surface area contributed by atoms with Crippen molar-refractivity contribution in [3.05, 3.63) is 326 Å². The summed E-state index contributed by atoms with van der Waals surface area (Å²) in [5.74, 6) is 5.24. The summed E-state index contributed by atoms with van der Waals surface area (Å²) in [6.07, 6.45) is 34.4. The smallest absolute Gasteiger partial charge is 0.228 e. The van der Waals surface area contributed by atoms with Crippen molar-refractivity contribution in [3.8, 4) is 22.8 Å². The summed E-state index contributed by atoms with van der Waals surface area (Å²) in [7, 11) is 4.03.